The number of aromatic nitrogens is 3. The van der Waals surface area contributed by atoms with Crippen LogP contribution >= 0.6 is 0 Å². The summed E-state index contributed by atoms with van der Waals surface area (Å²) in [5.41, 5.74) is 0. The predicted octanol–water partition coefficient (Wildman–Crippen LogP) is -0.835. The summed E-state index contributed by atoms with van der Waals surface area (Å²) in [7, 11) is 1.44. The summed E-state index contributed by atoms with van der Waals surface area (Å²) in [6.45, 7) is 2.75. The highest BCUT2D eigenvalue weighted by atomic mass is 16.5. The van der Waals surface area contributed by atoms with Gasteiger partial charge in [-0.15, -0.1) is 0 Å². The van der Waals surface area contributed by atoms with E-state index in [-0.39, 0.29) is 36.9 Å². The van der Waals surface area contributed by atoms with E-state index < -0.39 is 0 Å². The van der Waals surface area contributed by atoms with Gasteiger partial charge in [-0.3, -0.25) is 14.9 Å². The van der Waals surface area contributed by atoms with Crippen molar-refractivity contribution in [3.05, 3.63) is 0 Å². The molecular weight excluding hydrogens is 264 g/mol. The van der Waals surface area contributed by atoms with Gasteiger partial charge in [0, 0.05) is 6.54 Å². The smallest absolute Gasteiger partial charge is 0.322 e. The first kappa shape index (κ1) is 14.0. The third kappa shape index (κ3) is 3.31. The van der Waals surface area contributed by atoms with Crippen molar-refractivity contribution >= 4 is 23.7 Å². The molecule has 1 aromatic heterocycles. The van der Waals surface area contributed by atoms with Crippen LogP contribution in [0.5, 0.6) is 6.01 Å². The van der Waals surface area contributed by atoms with Gasteiger partial charge in [-0.25, -0.2) is 0 Å². The van der Waals surface area contributed by atoms with Gasteiger partial charge >= 0.3 is 6.01 Å². The van der Waals surface area contributed by atoms with Gasteiger partial charge < -0.3 is 15.0 Å². The largest absolute Gasteiger partial charge is 0.467 e. The lowest BCUT2D eigenvalue weighted by Gasteiger charge is -2.25. The number of hydrogen-bond donors (Lipinski definition) is 2. The van der Waals surface area contributed by atoms with Crippen molar-refractivity contribution in [1.29, 1.82) is 0 Å². The second kappa shape index (κ2) is 6.13. The van der Waals surface area contributed by atoms with Crippen molar-refractivity contribution in [3.8, 4) is 6.01 Å². The van der Waals surface area contributed by atoms with Crippen LogP contribution < -0.4 is 20.3 Å². The van der Waals surface area contributed by atoms with Crippen molar-refractivity contribution in [3.63, 3.8) is 0 Å². The summed E-state index contributed by atoms with van der Waals surface area (Å²) in [6, 6.07) is 0.132. The molecular formula is C11H16N6O3. The molecule has 1 fully saturated rings. The number of piperazine rings is 1. The van der Waals surface area contributed by atoms with Crippen LogP contribution in [0.25, 0.3) is 0 Å². The van der Waals surface area contributed by atoms with Gasteiger partial charge in [-0.1, -0.05) is 6.92 Å². The summed E-state index contributed by atoms with van der Waals surface area (Å²) in [6.07, 6.45) is 0.911. The Morgan fingerprint density at radius 1 is 1.25 bits per heavy atom. The number of rotatable bonds is 5. The van der Waals surface area contributed by atoms with Crippen LogP contribution in [0.1, 0.15) is 13.3 Å². The molecule has 0 aliphatic carbocycles. The quantitative estimate of drug-likeness (QED) is 0.672. The van der Waals surface area contributed by atoms with Crippen molar-refractivity contribution in [2.75, 3.05) is 37.0 Å². The maximum atomic E-state index is 11.4. The molecule has 9 heteroatoms. The lowest BCUT2D eigenvalue weighted by atomic mass is 10.3. The van der Waals surface area contributed by atoms with Crippen LogP contribution in [-0.4, -0.2) is 53.5 Å². The fourth-order valence-electron chi connectivity index (χ4n) is 1.67. The van der Waals surface area contributed by atoms with Crippen LogP contribution in [0.15, 0.2) is 0 Å². The molecule has 0 unspecified atom stereocenters. The molecule has 0 radical (unpaired) electrons. The minimum atomic E-state index is -0.385. The second-order valence-corrected chi connectivity index (χ2v) is 4.20. The Hall–Kier alpha value is -2.45. The molecule has 2 amide bonds. The molecule has 0 bridgehead atoms. The zero-order valence-corrected chi connectivity index (χ0v) is 11.3. The van der Waals surface area contributed by atoms with E-state index in [1.54, 1.807) is 0 Å². The number of nitrogens with zero attached hydrogens (tertiary/aromatic N) is 4. The van der Waals surface area contributed by atoms with E-state index >= 15 is 0 Å². The molecule has 108 valence electrons. The third-order valence-electron chi connectivity index (χ3n) is 2.55. The van der Waals surface area contributed by atoms with Gasteiger partial charge in [0.2, 0.25) is 23.7 Å². The van der Waals surface area contributed by atoms with Gasteiger partial charge in [-0.05, 0) is 6.42 Å². The standard InChI is InChI=1S/C11H16N6O3/c1-3-4-12-9-14-10(16-11(15-9)20-2)17-5-7(18)13-8(19)6-17/h3-6H2,1-2H3,(H,13,18,19)(H,12,14,15,16). The van der Waals surface area contributed by atoms with Crippen molar-refractivity contribution < 1.29 is 14.3 Å². The normalized spacial score (nSPS) is 15.0. The first-order valence-corrected chi connectivity index (χ1v) is 6.24. The van der Waals surface area contributed by atoms with E-state index in [9.17, 15) is 9.59 Å². The Morgan fingerprint density at radius 3 is 2.55 bits per heavy atom. The van der Waals surface area contributed by atoms with Crippen LogP contribution in [0.3, 0.4) is 0 Å². The number of carbonyl (C=O) groups excluding carboxylic acids is 2. The van der Waals surface area contributed by atoms with E-state index in [4.69, 9.17) is 4.74 Å². The number of hydrogen-bond acceptors (Lipinski definition) is 8. The average Bonchev–Trinajstić information content (AvgIpc) is 2.43. The molecule has 1 saturated heterocycles. The topological polar surface area (TPSA) is 109 Å². The van der Waals surface area contributed by atoms with Crippen molar-refractivity contribution in [1.82, 2.24) is 20.3 Å². The minimum absolute atomic E-state index is 0.0200. The molecule has 2 rings (SSSR count). The molecule has 1 aromatic rings. The Labute approximate surface area is 115 Å². The van der Waals surface area contributed by atoms with E-state index in [0.717, 1.165) is 6.42 Å². The number of imide groups is 1. The highest BCUT2D eigenvalue weighted by Gasteiger charge is 2.25. The van der Waals surface area contributed by atoms with E-state index in [1.165, 1.54) is 12.0 Å². The maximum Gasteiger partial charge on any atom is 0.322 e. The number of nitrogens with one attached hydrogen (secondary N) is 2. The predicted molar refractivity (Wildman–Crippen MR) is 70.5 cm³/mol. The molecule has 0 aromatic carbocycles. The molecule has 0 atom stereocenters. The highest BCUT2D eigenvalue weighted by Crippen LogP contribution is 2.15. The Bertz CT molecular complexity index is 505. The first-order valence-electron chi connectivity index (χ1n) is 6.24. The summed E-state index contributed by atoms with van der Waals surface area (Å²) in [5, 5.41) is 5.24. The molecule has 2 heterocycles. The summed E-state index contributed by atoms with van der Waals surface area (Å²) in [4.78, 5) is 36.5. The monoisotopic (exact) mass is 280 g/mol. The maximum absolute atomic E-state index is 11.4. The molecule has 0 saturated carbocycles. The number of amides is 2. The SMILES string of the molecule is CCCNc1nc(OC)nc(N2CC(=O)NC(=O)C2)n1. The Morgan fingerprint density at radius 2 is 1.95 bits per heavy atom. The van der Waals surface area contributed by atoms with E-state index in [2.05, 4.69) is 25.6 Å². The molecule has 1 aliphatic rings. The third-order valence-corrected chi connectivity index (χ3v) is 2.55. The molecule has 20 heavy (non-hydrogen) atoms. The Kier molecular flexibility index (Phi) is 4.28. The van der Waals surface area contributed by atoms with Crippen molar-refractivity contribution in [2.45, 2.75) is 13.3 Å². The summed E-state index contributed by atoms with van der Waals surface area (Å²) < 4.78 is 5.01. The molecule has 9 nitrogen and oxygen atoms in total. The minimum Gasteiger partial charge on any atom is -0.467 e. The van der Waals surface area contributed by atoms with E-state index in [1.807, 2.05) is 6.92 Å². The lowest BCUT2D eigenvalue weighted by molar-refractivity contribution is -0.130. The van der Waals surface area contributed by atoms with Gasteiger partial charge in [0.1, 0.15) is 13.1 Å². The summed E-state index contributed by atoms with van der Waals surface area (Å²) in [5.74, 6) is -0.182. The Balaban J connectivity index is 2.25. The van der Waals surface area contributed by atoms with Crippen molar-refractivity contribution in [2.24, 2.45) is 0 Å². The van der Waals surface area contributed by atoms with Crippen LogP contribution in [-0.2, 0) is 9.59 Å². The number of carbonyl (C=O) groups is 2. The van der Waals surface area contributed by atoms with Gasteiger partial charge in [0.25, 0.3) is 0 Å². The zero-order chi connectivity index (χ0) is 14.5. The van der Waals surface area contributed by atoms with Crippen LogP contribution in [0.4, 0.5) is 11.9 Å². The fourth-order valence-corrected chi connectivity index (χ4v) is 1.67. The average molecular weight is 280 g/mol. The lowest BCUT2D eigenvalue weighted by Crippen LogP contribution is -2.52. The number of ether oxygens (including phenoxy) is 1. The van der Waals surface area contributed by atoms with E-state index in [0.29, 0.717) is 12.5 Å². The van der Waals surface area contributed by atoms with Gasteiger partial charge in [0.15, 0.2) is 0 Å². The van der Waals surface area contributed by atoms with Gasteiger partial charge in [0.05, 0.1) is 7.11 Å². The molecule has 0 spiro atoms. The zero-order valence-electron chi connectivity index (χ0n) is 11.3. The van der Waals surface area contributed by atoms with Crippen LogP contribution in [0, 0.1) is 0 Å². The highest BCUT2D eigenvalue weighted by molar-refractivity contribution is 6.02. The fraction of sp³-hybridized carbons (Fsp3) is 0.545. The number of methoxy groups -OCH3 is 1. The van der Waals surface area contributed by atoms with Crippen LogP contribution in [0.2, 0.25) is 0 Å². The molecule has 1 aliphatic heterocycles. The van der Waals surface area contributed by atoms with Gasteiger partial charge in [-0.2, -0.15) is 15.0 Å². The second-order valence-electron chi connectivity index (χ2n) is 4.20. The summed E-state index contributed by atoms with van der Waals surface area (Å²) >= 11 is 0. The first-order chi connectivity index (χ1) is 9.62. The molecule has 2 N–H and O–H groups in total. The number of anilines is 2.